The average Bonchev–Trinajstić information content (AvgIpc) is 2.91. The molecule has 0 spiro atoms. The molecule has 124 valence electrons. The number of nitrogens with two attached hydrogens (primary N) is 1. The Morgan fingerprint density at radius 3 is 2.62 bits per heavy atom. The molecule has 0 radical (unpaired) electrons. The fourth-order valence-corrected chi connectivity index (χ4v) is 2.31. The molecule has 0 amide bonds. The summed E-state index contributed by atoms with van der Waals surface area (Å²) in [6, 6.07) is 6.95. The van der Waals surface area contributed by atoms with Crippen LogP contribution in [0.1, 0.15) is 38.9 Å². The van der Waals surface area contributed by atoms with Crippen molar-refractivity contribution in [2.75, 3.05) is 19.5 Å². The third kappa shape index (κ3) is 2.94. The van der Waals surface area contributed by atoms with Gasteiger partial charge in [0.05, 0.1) is 30.5 Å². The van der Waals surface area contributed by atoms with E-state index in [-0.39, 0.29) is 23.6 Å². The van der Waals surface area contributed by atoms with E-state index in [1.54, 1.807) is 32.0 Å². The quantitative estimate of drug-likeness (QED) is 0.863. The zero-order chi connectivity index (χ0) is 17.9. The van der Waals surface area contributed by atoms with Crippen molar-refractivity contribution < 1.29 is 19.1 Å². The molecule has 0 fully saturated rings. The predicted octanol–water partition coefficient (Wildman–Crippen LogP) is 2.20. The highest BCUT2D eigenvalue weighted by Crippen LogP contribution is 2.26. The molecule has 7 heteroatoms. The lowest BCUT2D eigenvalue weighted by atomic mass is 10.1. The van der Waals surface area contributed by atoms with E-state index in [1.807, 2.05) is 6.07 Å². The second-order valence-electron chi connectivity index (χ2n) is 5.00. The monoisotopic (exact) mass is 327 g/mol. The van der Waals surface area contributed by atoms with Gasteiger partial charge in [0.25, 0.3) is 0 Å². The molecule has 2 N–H and O–H groups in total. The number of nitriles is 1. The van der Waals surface area contributed by atoms with Gasteiger partial charge in [0.2, 0.25) is 0 Å². The van der Waals surface area contributed by atoms with Crippen LogP contribution in [0.2, 0.25) is 0 Å². The predicted molar refractivity (Wildman–Crippen MR) is 86.9 cm³/mol. The van der Waals surface area contributed by atoms with Gasteiger partial charge in [0.1, 0.15) is 6.07 Å². The number of ether oxygens (including phenoxy) is 2. The van der Waals surface area contributed by atoms with Gasteiger partial charge in [-0.2, -0.15) is 5.26 Å². The number of nitrogen functional groups attached to an aromatic ring is 1. The summed E-state index contributed by atoms with van der Waals surface area (Å²) in [6.07, 6.45) is 1.43. The number of carbonyl (C=O) groups is 2. The topological polar surface area (TPSA) is 107 Å². The summed E-state index contributed by atoms with van der Waals surface area (Å²) in [5.74, 6) is -1.13. The average molecular weight is 327 g/mol. The molecular formula is C17H17N3O4. The minimum Gasteiger partial charge on any atom is -0.464 e. The number of rotatable bonds is 4. The number of aromatic nitrogens is 1. The summed E-state index contributed by atoms with van der Waals surface area (Å²) >= 11 is 0. The van der Waals surface area contributed by atoms with Crippen LogP contribution >= 0.6 is 0 Å². The number of carbonyl (C=O) groups excluding carboxylic acids is 2. The third-order valence-electron chi connectivity index (χ3n) is 3.54. The van der Waals surface area contributed by atoms with Crippen LogP contribution in [0.15, 0.2) is 24.4 Å². The largest absolute Gasteiger partial charge is 0.464 e. The molecule has 2 aromatic rings. The Morgan fingerprint density at radius 2 is 2.04 bits per heavy atom. The van der Waals surface area contributed by atoms with E-state index in [2.05, 4.69) is 0 Å². The van der Waals surface area contributed by atoms with Gasteiger partial charge in [0.15, 0.2) is 5.69 Å². The third-order valence-corrected chi connectivity index (χ3v) is 3.54. The van der Waals surface area contributed by atoms with Gasteiger partial charge in [-0.15, -0.1) is 0 Å². The van der Waals surface area contributed by atoms with E-state index in [0.717, 1.165) is 5.56 Å². The molecule has 0 saturated heterocycles. The molecule has 24 heavy (non-hydrogen) atoms. The van der Waals surface area contributed by atoms with Crippen LogP contribution in [0, 0.1) is 18.3 Å². The van der Waals surface area contributed by atoms with Crippen molar-refractivity contribution in [3.05, 3.63) is 46.8 Å². The van der Waals surface area contributed by atoms with Gasteiger partial charge in [0, 0.05) is 11.9 Å². The van der Waals surface area contributed by atoms with Crippen molar-refractivity contribution in [1.82, 2.24) is 4.57 Å². The van der Waals surface area contributed by atoms with Crippen LogP contribution in [-0.4, -0.2) is 30.2 Å². The minimum atomic E-state index is -0.674. The Labute approximate surface area is 139 Å². The van der Waals surface area contributed by atoms with E-state index in [9.17, 15) is 9.59 Å². The fourth-order valence-electron chi connectivity index (χ4n) is 2.31. The summed E-state index contributed by atoms with van der Waals surface area (Å²) in [6.45, 7) is 3.76. The maximum Gasteiger partial charge on any atom is 0.357 e. The Balaban J connectivity index is 2.65. The van der Waals surface area contributed by atoms with Crippen molar-refractivity contribution >= 4 is 17.6 Å². The van der Waals surface area contributed by atoms with Gasteiger partial charge in [-0.05, 0) is 31.5 Å². The first kappa shape index (κ1) is 17.1. The molecule has 1 heterocycles. The summed E-state index contributed by atoms with van der Waals surface area (Å²) < 4.78 is 11.2. The lowest BCUT2D eigenvalue weighted by molar-refractivity contribution is 0.0524. The van der Waals surface area contributed by atoms with Crippen LogP contribution in [0.5, 0.6) is 0 Å². The second-order valence-corrected chi connectivity index (χ2v) is 5.00. The van der Waals surface area contributed by atoms with Crippen molar-refractivity contribution in [2.24, 2.45) is 0 Å². The SMILES string of the molecule is CCOC(=O)c1cc(-n2cc(C#N)c(N)c2C(=O)OC)ccc1C. The van der Waals surface area contributed by atoms with Gasteiger partial charge in [-0.1, -0.05) is 6.07 Å². The summed E-state index contributed by atoms with van der Waals surface area (Å²) in [5.41, 5.74) is 7.68. The van der Waals surface area contributed by atoms with Crippen molar-refractivity contribution in [3.63, 3.8) is 0 Å². The molecule has 1 aromatic heterocycles. The zero-order valence-electron chi connectivity index (χ0n) is 13.6. The van der Waals surface area contributed by atoms with Crippen molar-refractivity contribution in [1.29, 1.82) is 5.26 Å². The number of anilines is 1. The first-order valence-electron chi connectivity index (χ1n) is 7.21. The number of methoxy groups -OCH3 is 1. The normalized spacial score (nSPS) is 10.1. The number of hydrogen-bond donors (Lipinski definition) is 1. The van der Waals surface area contributed by atoms with Crippen molar-refractivity contribution in [3.8, 4) is 11.8 Å². The van der Waals surface area contributed by atoms with Gasteiger partial charge < -0.3 is 19.8 Å². The van der Waals surface area contributed by atoms with Crippen molar-refractivity contribution in [2.45, 2.75) is 13.8 Å². The lowest BCUT2D eigenvalue weighted by Crippen LogP contribution is -2.12. The number of nitrogens with zero attached hydrogens (tertiary/aromatic N) is 2. The Bertz CT molecular complexity index is 846. The maximum absolute atomic E-state index is 12.1. The van der Waals surface area contributed by atoms with E-state index < -0.39 is 11.9 Å². The molecule has 0 bridgehead atoms. The van der Waals surface area contributed by atoms with Crippen LogP contribution in [0.3, 0.4) is 0 Å². The fraction of sp³-hybridized carbons (Fsp3) is 0.235. The molecular weight excluding hydrogens is 310 g/mol. The maximum atomic E-state index is 12.1. The zero-order valence-corrected chi connectivity index (χ0v) is 13.6. The first-order valence-corrected chi connectivity index (χ1v) is 7.21. The summed E-state index contributed by atoms with van der Waals surface area (Å²) in [4.78, 5) is 24.1. The van der Waals surface area contributed by atoms with Crippen LogP contribution < -0.4 is 5.73 Å². The molecule has 2 rings (SSSR count). The number of benzene rings is 1. The number of esters is 2. The molecule has 7 nitrogen and oxygen atoms in total. The molecule has 1 aromatic carbocycles. The van der Waals surface area contributed by atoms with Crippen LogP contribution in [0.4, 0.5) is 5.69 Å². The number of hydrogen-bond acceptors (Lipinski definition) is 6. The molecule has 0 saturated carbocycles. The van der Waals surface area contributed by atoms with Crippen LogP contribution in [-0.2, 0) is 9.47 Å². The smallest absolute Gasteiger partial charge is 0.357 e. The van der Waals surface area contributed by atoms with Gasteiger partial charge in [-0.25, -0.2) is 9.59 Å². The summed E-state index contributed by atoms with van der Waals surface area (Å²) in [7, 11) is 1.23. The van der Waals surface area contributed by atoms with Gasteiger partial charge >= 0.3 is 11.9 Å². The lowest BCUT2D eigenvalue weighted by Gasteiger charge is -2.11. The van der Waals surface area contributed by atoms with Gasteiger partial charge in [-0.3, -0.25) is 0 Å². The Hall–Kier alpha value is -3.27. The highest BCUT2D eigenvalue weighted by molar-refractivity contribution is 5.96. The highest BCUT2D eigenvalue weighted by atomic mass is 16.5. The molecule has 0 aliphatic carbocycles. The molecule has 0 aliphatic rings. The van der Waals surface area contributed by atoms with E-state index in [4.69, 9.17) is 20.5 Å². The minimum absolute atomic E-state index is 0.0302. The van der Waals surface area contributed by atoms with E-state index in [0.29, 0.717) is 11.3 Å². The summed E-state index contributed by atoms with van der Waals surface area (Å²) in [5, 5.41) is 9.14. The van der Waals surface area contributed by atoms with E-state index >= 15 is 0 Å². The molecule has 0 aliphatic heterocycles. The second kappa shape index (κ2) is 6.87. The molecule has 0 unspecified atom stereocenters. The van der Waals surface area contributed by atoms with E-state index in [1.165, 1.54) is 17.9 Å². The Kier molecular flexibility index (Phi) is 4.90. The first-order chi connectivity index (χ1) is 11.4. The molecule has 0 atom stereocenters. The van der Waals surface area contributed by atoms with Crippen LogP contribution in [0.25, 0.3) is 5.69 Å². The Morgan fingerprint density at radius 1 is 1.33 bits per heavy atom. The number of aryl methyl sites for hydroxylation is 1. The standard InChI is InChI=1S/C17H17N3O4/c1-4-24-16(21)13-7-12(6-5-10(13)2)20-9-11(8-18)14(19)15(20)17(22)23-3/h5-7,9H,4,19H2,1-3H3. The highest BCUT2D eigenvalue weighted by Gasteiger charge is 2.22.